The van der Waals surface area contributed by atoms with Gasteiger partial charge in [0.2, 0.25) is 0 Å². The summed E-state index contributed by atoms with van der Waals surface area (Å²) in [5.74, 6) is -0.353. The Morgan fingerprint density at radius 1 is 1.44 bits per heavy atom. The molecule has 0 aliphatic carbocycles. The molecule has 0 radical (unpaired) electrons. The minimum Gasteiger partial charge on any atom is -0.493 e. The molecule has 0 heterocycles. The van der Waals surface area contributed by atoms with E-state index in [-0.39, 0.29) is 5.92 Å². The van der Waals surface area contributed by atoms with Crippen molar-refractivity contribution in [3.8, 4) is 5.75 Å². The SMILES string of the molecule is CCCOc1ccccc1CC(C)C(=O)O. The van der Waals surface area contributed by atoms with Crippen LogP contribution in [0.3, 0.4) is 0 Å². The normalized spacial score (nSPS) is 12.1. The summed E-state index contributed by atoms with van der Waals surface area (Å²) in [7, 11) is 0. The summed E-state index contributed by atoms with van der Waals surface area (Å²) in [6, 6.07) is 7.62. The van der Waals surface area contributed by atoms with Crippen LogP contribution < -0.4 is 4.74 Å². The molecule has 88 valence electrons. The Bertz CT molecular complexity index is 347. The third-order valence-electron chi connectivity index (χ3n) is 2.38. The topological polar surface area (TPSA) is 46.5 Å². The second-order valence-electron chi connectivity index (χ2n) is 3.90. The predicted octanol–water partition coefficient (Wildman–Crippen LogP) is 2.74. The molecule has 0 fully saturated rings. The second kappa shape index (κ2) is 6.16. The zero-order valence-electron chi connectivity index (χ0n) is 9.77. The number of para-hydroxylation sites is 1. The first-order chi connectivity index (χ1) is 7.65. The number of hydrogen-bond donors (Lipinski definition) is 1. The maximum Gasteiger partial charge on any atom is 0.306 e. The average molecular weight is 222 g/mol. The van der Waals surface area contributed by atoms with Crippen molar-refractivity contribution in [1.82, 2.24) is 0 Å². The van der Waals surface area contributed by atoms with E-state index in [1.54, 1.807) is 6.92 Å². The first-order valence-electron chi connectivity index (χ1n) is 5.58. The summed E-state index contributed by atoms with van der Waals surface area (Å²) < 4.78 is 5.57. The van der Waals surface area contributed by atoms with Crippen molar-refractivity contribution >= 4 is 5.97 Å². The molecule has 1 aromatic rings. The summed E-state index contributed by atoms with van der Waals surface area (Å²) in [5, 5.41) is 8.87. The van der Waals surface area contributed by atoms with Gasteiger partial charge in [0.25, 0.3) is 0 Å². The predicted molar refractivity (Wildman–Crippen MR) is 62.7 cm³/mol. The van der Waals surface area contributed by atoms with Gasteiger partial charge in [0.15, 0.2) is 0 Å². The number of carbonyl (C=O) groups is 1. The smallest absolute Gasteiger partial charge is 0.306 e. The first-order valence-corrected chi connectivity index (χ1v) is 5.58. The van der Waals surface area contributed by atoms with Crippen LogP contribution in [-0.2, 0) is 11.2 Å². The number of carboxylic acid groups (broad SMARTS) is 1. The van der Waals surface area contributed by atoms with E-state index in [2.05, 4.69) is 0 Å². The van der Waals surface area contributed by atoms with Gasteiger partial charge in [-0.15, -0.1) is 0 Å². The van der Waals surface area contributed by atoms with Gasteiger partial charge in [-0.1, -0.05) is 32.0 Å². The highest BCUT2D eigenvalue weighted by Gasteiger charge is 2.14. The Morgan fingerprint density at radius 2 is 2.12 bits per heavy atom. The van der Waals surface area contributed by atoms with E-state index in [0.29, 0.717) is 13.0 Å². The number of aliphatic carboxylic acids is 1. The maximum atomic E-state index is 10.8. The standard InChI is InChI=1S/C13H18O3/c1-3-8-16-12-7-5-4-6-11(12)9-10(2)13(14)15/h4-7,10H,3,8-9H2,1-2H3,(H,14,15). The zero-order chi connectivity index (χ0) is 12.0. The molecule has 3 nitrogen and oxygen atoms in total. The minimum atomic E-state index is -0.773. The summed E-state index contributed by atoms with van der Waals surface area (Å²) in [6.07, 6.45) is 1.46. The largest absolute Gasteiger partial charge is 0.493 e. The fourth-order valence-corrected chi connectivity index (χ4v) is 1.44. The Kier molecular flexibility index (Phi) is 4.83. The third kappa shape index (κ3) is 3.57. The number of rotatable bonds is 6. The number of hydrogen-bond acceptors (Lipinski definition) is 2. The highest BCUT2D eigenvalue weighted by atomic mass is 16.5. The molecule has 1 rings (SSSR count). The van der Waals surface area contributed by atoms with Gasteiger partial charge >= 0.3 is 5.97 Å². The van der Waals surface area contributed by atoms with Gasteiger partial charge in [-0.25, -0.2) is 0 Å². The molecule has 1 unspecified atom stereocenters. The molecule has 0 saturated carbocycles. The quantitative estimate of drug-likeness (QED) is 0.805. The molecule has 3 heteroatoms. The molecular formula is C13H18O3. The van der Waals surface area contributed by atoms with E-state index in [0.717, 1.165) is 17.7 Å². The molecular weight excluding hydrogens is 204 g/mol. The van der Waals surface area contributed by atoms with Gasteiger partial charge in [0, 0.05) is 0 Å². The lowest BCUT2D eigenvalue weighted by atomic mass is 10.0. The van der Waals surface area contributed by atoms with E-state index in [9.17, 15) is 4.79 Å². The second-order valence-corrected chi connectivity index (χ2v) is 3.90. The number of carboxylic acids is 1. The molecule has 0 saturated heterocycles. The molecule has 0 spiro atoms. The van der Waals surface area contributed by atoms with E-state index in [1.165, 1.54) is 0 Å². The molecule has 1 aromatic carbocycles. The van der Waals surface area contributed by atoms with Gasteiger partial charge < -0.3 is 9.84 Å². The third-order valence-corrected chi connectivity index (χ3v) is 2.38. The lowest BCUT2D eigenvalue weighted by Crippen LogP contribution is -2.13. The fourth-order valence-electron chi connectivity index (χ4n) is 1.44. The Balaban J connectivity index is 2.74. The van der Waals surface area contributed by atoms with Crippen LogP contribution in [0.15, 0.2) is 24.3 Å². The minimum absolute atomic E-state index is 0.383. The van der Waals surface area contributed by atoms with E-state index in [4.69, 9.17) is 9.84 Å². The zero-order valence-corrected chi connectivity index (χ0v) is 9.77. The van der Waals surface area contributed by atoms with Crippen LogP contribution in [0, 0.1) is 5.92 Å². The van der Waals surface area contributed by atoms with Gasteiger partial charge in [0.1, 0.15) is 5.75 Å². The van der Waals surface area contributed by atoms with Crippen molar-refractivity contribution in [3.63, 3.8) is 0 Å². The van der Waals surface area contributed by atoms with Crippen LogP contribution >= 0.6 is 0 Å². The lowest BCUT2D eigenvalue weighted by molar-refractivity contribution is -0.141. The van der Waals surface area contributed by atoms with Gasteiger partial charge in [-0.3, -0.25) is 4.79 Å². The monoisotopic (exact) mass is 222 g/mol. The molecule has 0 bridgehead atoms. The van der Waals surface area contributed by atoms with E-state index >= 15 is 0 Å². The molecule has 1 atom stereocenters. The molecule has 0 aliphatic rings. The van der Waals surface area contributed by atoms with E-state index < -0.39 is 5.97 Å². The van der Waals surface area contributed by atoms with Crippen molar-refractivity contribution in [2.24, 2.45) is 5.92 Å². The first kappa shape index (κ1) is 12.6. The van der Waals surface area contributed by atoms with E-state index in [1.807, 2.05) is 31.2 Å². The Hall–Kier alpha value is -1.51. The average Bonchev–Trinajstić information content (AvgIpc) is 2.27. The highest BCUT2D eigenvalue weighted by Crippen LogP contribution is 2.21. The molecule has 16 heavy (non-hydrogen) atoms. The molecule has 0 aromatic heterocycles. The van der Waals surface area contributed by atoms with Gasteiger partial charge in [-0.2, -0.15) is 0 Å². The van der Waals surface area contributed by atoms with Crippen molar-refractivity contribution < 1.29 is 14.6 Å². The van der Waals surface area contributed by atoms with Crippen molar-refractivity contribution in [3.05, 3.63) is 29.8 Å². The highest BCUT2D eigenvalue weighted by molar-refractivity contribution is 5.70. The van der Waals surface area contributed by atoms with Crippen LogP contribution in [0.25, 0.3) is 0 Å². The van der Waals surface area contributed by atoms with Crippen LogP contribution in [-0.4, -0.2) is 17.7 Å². The van der Waals surface area contributed by atoms with Crippen molar-refractivity contribution in [1.29, 1.82) is 0 Å². The van der Waals surface area contributed by atoms with Crippen LogP contribution in [0.2, 0.25) is 0 Å². The lowest BCUT2D eigenvalue weighted by Gasteiger charge is -2.12. The fraction of sp³-hybridized carbons (Fsp3) is 0.462. The van der Waals surface area contributed by atoms with Crippen molar-refractivity contribution in [2.45, 2.75) is 26.7 Å². The summed E-state index contributed by atoms with van der Waals surface area (Å²) in [6.45, 7) is 4.42. The summed E-state index contributed by atoms with van der Waals surface area (Å²) >= 11 is 0. The van der Waals surface area contributed by atoms with Crippen LogP contribution in [0.5, 0.6) is 5.75 Å². The van der Waals surface area contributed by atoms with Crippen LogP contribution in [0.1, 0.15) is 25.8 Å². The Labute approximate surface area is 96.1 Å². The summed E-state index contributed by atoms with van der Waals surface area (Å²) in [4.78, 5) is 10.8. The van der Waals surface area contributed by atoms with Crippen molar-refractivity contribution in [2.75, 3.05) is 6.61 Å². The molecule has 1 N–H and O–H groups in total. The molecule has 0 aliphatic heterocycles. The van der Waals surface area contributed by atoms with Gasteiger partial charge in [0.05, 0.1) is 12.5 Å². The Morgan fingerprint density at radius 3 is 2.75 bits per heavy atom. The van der Waals surface area contributed by atoms with Crippen LogP contribution in [0.4, 0.5) is 0 Å². The van der Waals surface area contributed by atoms with Gasteiger partial charge in [-0.05, 0) is 24.5 Å². The summed E-state index contributed by atoms with van der Waals surface area (Å²) in [5.41, 5.74) is 0.964. The number of ether oxygens (including phenoxy) is 1. The molecule has 0 amide bonds. The maximum absolute atomic E-state index is 10.8. The number of benzene rings is 1.